The largest absolute Gasteiger partial charge is 0.375 e. The molecular weight excluding hydrogens is 646 g/mol. The van der Waals surface area contributed by atoms with Crippen LogP contribution in [-0.4, -0.2) is 116 Å². The number of urea groups is 1. The molecule has 0 saturated carbocycles. The molecule has 1 fully saturated rings. The van der Waals surface area contributed by atoms with Gasteiger partial charge in [0.2, 0.25) is 29.5 Å². The number of hydrogen-bond donors (Lipinski definition) is 5. The summed E-state index contributed by atoms with van der Waals surface area (Å²) in [6.07, 6.45) is 1.16. The first kappa shape index (κ1) is 44.3. The highest BCUT2D eigenvalue weighted by Gasteiger charge is 2.43. The average molecular weight is 710 g/mol. The molecule has 0 bridgehead atoms. The molecule has 0 aromatic carbocycles. The van der Waals surface area contributed by atoms with Crippen molar-refractivity contribution in [3.63, 3.8) is 0 Å². The zero-order chi connectivity index (χ0) is 38.5. The molecule has 1 heterocycles. The molecule has 50 heavy (non-hydrogen) atoms. The van der Waals surface area contributed by atoms with E-state index in [1.54, 1.807) is 27.7 Å². The molecule has 1 rings (SSSR count). The minimum atomic E-state index is -1.20. The van der Waals surface area contributed by atoms with E-state index < -0.39 is 66.5 Å². The van der Waals surface area contributed by atoms with Gasteiger partial charge in [-0.3, -0.25) is 34.1 Å². The molecule has 1 saturated heterocycles. The Morgan fingerprint density at radius 3 is 1.86 bits per heavy atom. The van der Waals surface area contributed by atoms with Crippen LogP contribution in [0.4, 0.5) is 4.79 Å². The van der Waals surface area contributed by atoms with Gasteiger partial charge in [0.05, 0.1) is 12.6 Å². The lowest BCUT2D eigenvalue weighted by atomic mass is 9.94. The topological polar surface area (TPSA) is 195 Å². The van der Waals surface area contributed by atoms with Crippen LogP contribution in [0.1, 0.15) is 88.0 Å². The van der Waals surface area contributed by atoms with E-state index in [9.17, 15) is 33.6 Å². The number of ether oxygens (including phenoxy) is 1. The number of nitrogens with one attached hydrogen (secondary N) is 5. The first-order valence-electron chi connectivity index (χ1n) is 17.8. The van der Waals surface area contributed by atoms with Crippen LogP contribution in [0, 0.1) is 29.6 Å². The van der Waals surface area contributed by atoms with E-state index in [0.717, 1.165) is 0 Å². The Balaban J connectivity index is 3.07. The van der Waals surface area contributed by atoms with Gasteiger partial charge in [-0.05, 0) is 48.9 Å². The van der Waals surface area contributed by atoms with Gasteiger partial charge in [0.25, 0.3) is 5.91 Å². The van der Waals surface area contributed by atoms with Crippen molar-refractivity contribution >= 4 is 41.5 Å². The molecule has 8 amide bonds. The van der Waals surface area contributed by atoms with Crippen molar-refractivity contribution in [1.82, 2.24) is 36.4 Å². The van der Waals surface area contributed by atoms with Crippen molar-refractivity contribution in [2.75, 3.05) is 34.3 Å². The van der Waals surface area contributed by atoms with E-state index in [1.807, 2.05) is 34.6 Å². The van der Waals surface area contributed by atoms with E-state index in [0.29, 0.717) is 31.8 Å². The Kier molecular flexibility index (Phi) is 18.4. The fourth-order valence-corrected chi connectivity index (χ4v) is 5.71. The zero-order valence-electron chi connectivity index (χ0n) is 32.2. The lowest BCUT2D eigenvalue weighted by molar-refractivity contribution is -0.147. The van der Waals surface area contributed by atoms with Crippen molar-refractivity contribution in [2.45, 2.75) is 118 Å². The smallest absolute Gasteiger partial charge is 0.321 e. The summed E-state index contributed by atoms with van der Waals surface area (Å²) < 4.78 is 5.86. The highest BCUT2D eigenvalue weighted by Crippen LogP contribution is 2.26. The van der Waals surface area contributed by atoms with E-state index in [4.69, 9.17) is 4.74 Å². The van der Waals surface area contributed by atoms with Crippen LogP contribution in [0.5, 0.6) is 0 Å². The first-order valence-corrected chi connectivity index (χ1v) is 17.8. The number of carbonyl (C=O) groups is 7. The molecule has 0 aromatic heterocycles. The number of likely N-dealkylation sites (N-methyl/N-ethyl adjacent to an activating group) is 3. The van der Waals surface area contributed by atoms with E-state index in [1.165, 1.54) is 30.9 Å². The maximum atomic E-state index is 13.8. The summed E-state index contributed by atoms with van der Waals surface area (Å²) in [5, 5.41) is 12.7. The number of nitrogens with zero attached hydrogens (tertiary/aromatic N) is 2. The molecule has 1 aliphatic heterocycles. The Labute approximate surface area is 298 Å². The first-order chi connectivity index (χ1) is 23.2. The highest BCUT2D eigenvalue weighted by atomic mass is 16.5. The predicted octanol–water partition coefficient (Wildman–Crippen LogP) is 1.40. The summed E-state index contributed by atoms with van der Waals surface area (Å²) in [7, 11) is 4.36. The molecule has 0 aromatic rings. The Morgan fingerprint density at radius 1 is 0.780 bits per heavy atom. The average Bonchev–Trinajstić information content (AvgIpc) is 3.45. The van der Waals surface area contributed by atoms with Gasteiger partial charge in [-0.2, -0.15) is 0 Å². The Hall–Kier alpha value is -3.75. The molecule has 15 nitrogen and oxygen atoms in total. The van der Waals surface area contributed by atoms with Crippen LogP contribution in [0.25, 0.3) is 0 Å². The molecule has 286 valence electrons. The van der Waals surface area contributed by atoms with Crippen LogP contribution in [0.2, 0.25) is 0 Å². The molecule has 0 spiro atoms. The van der Waals surface area contributed by atoms with Gasteiger partial charge in [-0.15, -0.1) is 0 Å². The van der Waals surface area contributed by atoms with Crippen LogP contribution in [0.15, 0.2) is 0 Å². The monoisotopic (exact) mass is 709 g/mol. The van der Waals surface area contributed by atoms with Crippen LogP contribution >= 0.6 is 0 Å². The summed E-state index contributed by atoms with van der Waals surface area (Å²) in [5.41, 5.74) is 0. The summed E-state index contributed by atoms with van der Waals surface area (Å²) in [6.45, 7) is 16.7. The molecule has 1 aliphatic rings. The van der Waals surface area contributed by atoms with Crippen LogP contribution in [-0.2, 0) is 33.5 Å². The second kappa shape index (κ2) is 20.8. The third-order valence-corrected chi connectivity index (χ3v) is 8.98. The second-order valence-electron chi connectivity index (χ2n) is 14.9. The predicted molar refractivity (Wildman–Crippen MR) is 189 cm³/mol. The number of imide groups is 1. The lowest BCUT2D eigenvalue weighted by Crippen LogP contribution is -2.61. The maximum Gasteiger partial charge on any atom is 0.321 e. The molecule has 5 N–H and O–H groups in total. The van der Waals surface area contributed by atoms with Crippen molar-refractivity contribution in [3.05, 3.63) is 0 Å². The quantitative estimate of drug-likeness (QED) is 0.141. The second-order valence-corrected chi connectivity index (χ2v) is 14.9. The standard InChI is InChI=1S/C35H63N7O8/c1-19(2)13-14-25(43)38-28(22(7)8)34(48)42(12)29(30-23(9)15-16-50-30)33(47)40-35(49)37-18-26(44)41(11)24(17-20(3)4)31(45)39-27(21(5)6)32(46)36-10/h19-24,27-30H,13-18H2,1-12H3,(H,36,46)(H,38,43)(H,39,45)(H2,37,40,47,49)/t23-,24+,27+,28+,29+,30-/m1/s1. The van der Waals surface area contributed by atoms with Crippen LogP contribution < -0.4 is 26.6 Å². The molecule has 6 atom stereocenters. The minimum absolute atomic E-state index is 0.0212. The van der Waals surface area contributed by atoms with Gasteiger partial charge in [-0.1, -0.05) is 62.3 Å². The SMILES string of the molecule is CNC(=O)[C@@H](NC(=O)[C@H](CC(C)C)N(C)C(=O)CNC(=O)NC(=O)[C@H]([C@@H]1OCC[C@H]1C)N(C)C(=O)[C@@H](NC(=O)CCC(C)C)C(C)C)C(C)C. The van der Waals surface area contributed by atoms with E-state index >= 15 is 0 Å². The normalized spacial score (nSPS) is 18.2. The summed E-state index contributed by atoms with van der Waals surface area (Å²) in [4.78, 5) is 94.3. The summed E-state index contributed by atoms with van der Waals surface area (Å²) in [5.74, 6) is -3.30. The molecule has 0 radical (unpaired) electrons. The molecule has 0 aliphatic carbocycles. The van der Waals surface area contributed by atoms with Gasteiger partial charge in [-0.25, -0.2) is 4.79 Å². The van der Waals surface area contributed by atoms with Gasteiger partial charge in [0.1, 0.15) is 24.2 Å². The maximum absolute atomic E-state index is 13.8. The van der Waals surface area contributed by atoms with E-state index in [2.05, 4.69) is 26.6 Å². The highest BCUT2D eigenvalue weighted by molar-refractivity contribution is 6.01. The van der Waals surface area contributed by atoms with Gasteiger partial charge in [0, 0.05) is 34.2 Å². The summed E-state index contributed by atoms with van der Waals surface area (Å²) in [6, 6.07) is -4.81. The third kappa shape index (κ3) is 13.5. The van der Waals surface area contributed by atoms with Gasteiger partial charge in [0.15, 0.2) is 0 Å². The Morgan fingerprint density at radius 2 is 1.38 bits per heavy atom. The van der Waals surface area contributed by atoms with Crippen molar-refractivity contribution in [1.29, 1.82) is 0 Å². The van der Waals surface area contributed by atoms with Gasteiger partial charge < -0.3 is 35.8 Å². The fourth-order valence-electron chi connectivity index (χ4n) is 5.71. The minimum Gasteiger partial charge on any atom is -0.375 e. The van der Waals surface area contributed by atoms with Crippen molar-refractivity contribution in [2.24, 2.45) is 29.6 Å². The van der Waals surface area contributed by atoms with Gasteiger partial charge >= 0.3 is 6.03 Å². The zero-order valence-corrected chi connectivity index (χ0v) is 32.2. The van der Waals surface area contributed by atoms with Crippen molar-refractivity contribution in [3.8, 4) is 0 Å². The molecular formula is C35H63N7O8. The number of carbonyl (C=O) groups excluding carboxylic acids is 7. The number of hydrogen-bond acceptors (Lipinski definition) is 8. The Bertz CT molecular complexity index is 1190. The van der Waals surface area contributed by atoms with Crippen molar-refractivity contribution < 1.29 is 38.3 Å². The fraction of sp³-hybridized carbons (Fsp3) is 0.800. The number of amides is 8. The summed E-state index contributed by atoms with van der Waals surface area (Å²) >= 11 is 0. The third-order valence-electron chi connectivity index (χ3n) is 8.98. The molecule has 0 unspecified atom stereocenters. The number of rotatable bonds is 18. The lowest BCUT2D eigenvalue weighted by Gasteiger charge is -2.36. The molecule has 15 heteroatoms. The van der Waals surface area contributed by atoms with Crippen LogP contribution in [0.3, 0.4) is 0 Å². The van der Waals surface area contributed by atoms with E-state index in [-0.39, 0.29) is 41.9 Å².